The van der Waals surface area contributed by atoms with Gasteiger partial charge in [0, 0.05) is 17.6 Å². The Morgan fingerprint density at radius 2 is 2.40 bits per heavy atom. The second-order valence-electron chi connectivity index (χ2n) is 3.22. The summed E-state index contributed by atoms with van der Waals surface area (Å²) >= 11 is 6.88. The molecule has 0 unspecified atom stereocenters. The molecule has 0 aliphatic rings. The number of aromatic nitrogens is 2. The van der Waals surface area contributed by atoms with Crippen LogP contribution in [-0.2, 0) is 19.6 Å². The van der Waals surface area contributed by atoms with Gasteiger partial charge in [-0.2, -0.15) is 0 Å². The summed E-state index contributed by atoms with van der Waals surface area (Å²) in [5.41, 5.74) is 0.844. The number of hydrogen-bond acceptors (Lipinski definition) is 3. The minimum atomic E-state index is 0.0254. The molecule has 0 saturated heterocycles. The standard InChI is InChI=1S/C10H12N2OS2/c13-7-8-6-11-10(14)12(8)4-3-9-2-1-5-15-9/h1-2,5-6,13H,3-4,7H2,(H,11,14). The highest BCUT2D eigenvalue weighted by molar-refractivity contribution is 7.71. The number of rotatable bonds is 4. The maximum Gasteiger partial charge on any atom is 0.177 e. The molecule has 5 heteroatoms. The van der Waals surface area contributed by atoms with Crippen LogP contribution in [0.15, 0.2) is 23.7 Å². The minimum Gasteiger partial charge on any atom is -0.390 e. The van der Waals surface area contributed by atoms with Gasteiger partial charge in [0.2, 0.25) is 0 Å². The molecule has 0 saturated carbocycles. The summed E-state index contributed by atoms with van der Waals surface area (Å²) in [6.07, 6.45) is 2.72. The number of aliphatic hydroxyl groups is 1. The number of aryl methyl sites for hydroxylation is 1. The third kappa shape index (κ3) is 2.37. The lowest BCUT2D eigenvalue weighted by Gasteiger charge is -2.04. The second kappa shape index (κ2) is 4.74. The lowest BCUT2D eigenvalue weighted by molar-refractivity contribution is 0.270. The number of nitrogens with zero attached hydrogens (tertiary/aromatic N) is 1. The van der Waals surface area contributed by atoms with Crippen molar-refractivity contribution in [2.75, 3.05) is 0 Å². The van der Waals surface area contributed by atoms with E-state index in [9.17, 15) is 0 Å². The molecule has 0 spiro atoms. The molecule has 0 fully saturated rings. The molecule has 0 amide bonds. The molecule has 0 aromatic carbocycles. The number of aromatic amines is 1. The van der Waals surface area contributed by atoms with Crippen LogP contribution < -0.4 is 0 Å². The Morgan fingerprint density at radius 3 is 3.07 bits per heavy atom. The zero-order valence-electron chi connectivity index (χ0n) is 8.14. The lowest BCUT2D eigenvalue weighted by atomic mass is 10.3. The average Bonchev–Trinajstić information content (AvgIpc) is 2.84. The molecule has 2 aromatic heterocycles. The average molecular weight is 240 g/mol. The quantitative estimate of drug-likeness (QED) is 0.805. The summed E-state index contributed by atoms with van der Waals surface area (Å²) in [5, 5.41) is 11.2. The highest BCUT2D eigenvalue weighted by Crippen LogP contribution is 2.11. The molecule has 2 rings (SSSR count). The molecule has 2 N–H and O–H groups in total. The second-order valence-corrected chi connectivity index (χ2v) is 4.64. The van der Waals surface area contributed by atoms with E-state index < -0.39 is 0 Å². The third-order valence-electron chi connectivity index (χ3n) is 2.28. The zero-order valence-corrected chi connectivity index (χ0v) is 9.77. The van der Waals surface area contributed by atoms with Gasteiger partial charge in [-0.25, -0.2) is 0 Å². The van der Waals surface area contributed by atoms with Gasteiger partial charge in [-0.05, 0) is 30.1 Å². The molecule has 15 heavy (non-hydrogen) atoms. The topological polar surface area (TPSA) is 40.9 Å². The van der Waals surface area contributed by atoms with Crippen LogP contribution in [0.25, 0.3) is 0 Å². The summed E-state index contributed by atoms with van der Waals surface area (Å²) in [7, 11) is 0. The van der Waals surface area contributed by atoms with Gasteiger partial charge in [0.15, 0.2) is 4.77 Å². The maximum atomic E-state index is 9.10. The largest absolute Gasteiger partial charge is 0.390 e. The van der Waals surface area contributed by atoms with E-state index in [1.807, 2.05) is 10.6 Å². The van der Waals surface area contributed by atoms with Gasteiger partial charge in [0.05, 0.1) is 12.3 Å². The smallest absolute Gasteiger partial charge is 0.177 e. The Bertz CT molecular complexity index is 470. The molecule has 0 bridgehead atoms. The van der Waals surface area contributed by atoms with Gasteiger partial charge in [-0.3, -0.25) is 0 Å². The fourth-order valence-corrected chi connectivity index (χ4v) is 2.45. The number of hydrogen-bond donors (Lipinski definition) is 2. The number of imidazole rings is 1. The van der Waals surface area contributed by atoms with Gasteiger partial charge < -0.3 is 14.7 Å². The molecule has 2 heterocycles. The Labute approximate surface area is 97.0 Å². The molecule has 0 aliphatic heterocycles. The summed E-state index contributed by atoms with van der Waals surface area (Å²) < 4.78 is 2.62. The van der Waals surface area contributed by atoms with E-state index in [0.29, 0.717) is 4.77 Å². The first-order chi connectivity index (χ1) is 7.31. The highest BCUT2D eigenvalue weighted by atomic mass is 32.1. The van der Waals surface area contributed by atoms with Crippen LogP contribution >= 0.6 is 23.6 Å². The van der Waals surface area contributed by atoms with E-state index in [0.717, 1.165) is 18.7 Å². The molecular weight excluding hydrogens is 228 g/mol. The number of thiophene rings is 1. The summed E-state index contributed by atoms with van der Waals surface area (Å²) in [6, 6.07) is 4.16. The lowest BCUT2D eigenvalue weighted by Crippen LogP contribution is -2.04. The molecule has 2 aromatic rings. The van der Waals surface area contributed by atoms with Crippen molar-refractivity contribution in [3.05, 3.63) is 39.1 Å². The predicted molar refractivity (Wildman–Crippen MR) is 63.6 cm³/mol. The monoisotopic (exact) mass is 240 g/mol. The molecular formula is C10H12N2OS2. The Balaban J connectivity index is 2.10. The molecule has 0 aliphatic carbocycles. The van der Waals surface area contributed by atoms with E-state index >= 15 is 0 Å². The summed E-state index contributed by atoms with van der Waals surface area (Å²) in [5.74, 6) is 0. The molecule has 0 radical (unpaired) electrons. The van der Waals surface area contributed by atoms with E-state index in [1.165, 1.54) is 4.88 Å². The first-order valence-corrected chi connectivity index (χ1v) is 6.00. The normalized spacial score (nSPS) is 10.7. The van der Waals surface area contributed by atoms with Gasteiger partial charge in [0.25, 0.3) is 0 Å². The Morgan fingerprint density at radius 1 is 1.53 bits per heavy atom. The van der Waals surface area contributed by atoms with Crippen molar-refractivity contribution in [1.29, 1.82) is 0 Å². The van der Waals surface area contributed by atoms with Crippen molar-refractivity contribution in [1.82, 2.24) is 9.55 Å². The van der Waals surface area contributed by atoms with E-state index in [-0.39, 0.29) is 6.61 Å². The van der Waals surface area contributed by atoms with Gasteiger partial charge in [0.1, 0.15) is 0 Å². The van der Waals surface area contributed by atoms with E-state index in [2.05, 4.69) is 16.4 Å². The Hall–Kier alpha value is -0.910. The zero-order chi connectivity index (χ0) is 10.7. The van der Waals surface area contributed by atoms with Crippen LogP contribution in [0, 0.1) is 4.77 Å². The van der Waals surface area contributed by atoms with Crippen molar-refractivity contribution in [3.63, 3.8) is 0 Å². The van der Waals surface area contributed by atoms with Crippen LogP contribution in [0.5, 0.6) is 0 Å². The van der Waals surface area contributed by atoms with Crippen LogP contribution in [-0.4, -0.2) is 14.7 Å². The summed E-state index contributed by atoms with van der Waals surface area (Å²) in [4.78, 5) is 4.27. The van der Waals surface area contributed by atoms with Crippen molar-refractivity contribution in [2.45, 2.75) is 19.6 Å². The van der Waals surface area contributed by atoms with Crippen LogP contribution in [0.1, 0.15) is 10.6 Å². The van der Waals surface area contributed by atoms with Crippen molar-refractivity contribution in [2.24, 2.45) is 0 Å². The molecule has 3 nitrogen and oxygen atoms in total. The molecule has 80 valence electrons. The number of nitrogens with one attached hydrogen (secondary N) is 1. The molecule has 0 atom stereocenters. The van der Waals surface area contributed by atoms with Crippen LogP contribution in [0.2, 0.25) is 0 Å². The van der Waals surface area contributed by atoms with E-state index in [1.54, 1.807) is 17.5 Å². The van der Waals surface area contributed by atoms with Crippen molar-refractivity contribution in [3.8, 4) is 0 Å². The van der Waals surface area contributed by atoms with Crippen molar-refractivity contribution >= 4 is 23.6 Å². The fraction of sp³-hybridized carbons (Fsp3) is 0.300. The number of H-pyrrole nitrogens is 1. The first-order valence-electron chi connectivity index (χ1n) is 4.71. The van der Waals surface area contributed by atoms with Gasteiger partial charge in [-0.1, -0.05) is 6.07 Å². The number of aliphatic hydroxyl groups excluding tert-OH is 1. The Kier molecular flexibility index (Phi) is 3.35. The van der Waals surface area contributed by atoms with Gasteiger partial charge in [-0.15, -0.1) is 11.3 Å². The maximum absolute atomic E-state index is 9.10. The van der Waals surface area contributed by atoms with Crippen molar-refractivity contribution < 1.29 is 5.11 Å². The fourth-order valence-electron chi connectivity index (χ4n) is 1.48. The van der Waals surface area contributed by atoms with Crippen LogP contribution in [0.3, 0.4) is 0 Å². The third-order valence-corrected chi connectivity index (χ3v) is 3.55. The highest BCUT2D eigenvalue weighted by Gasteiger charge is 2.03. The predicted octanol–water partition coefficient (Wildman–Crippen LogP) is 2.34. The van der Waals surface area contributed by atoms with Gasteiger partial charge >= 0.3 is 0 Å². The summed E-state index contributed by atoms with van der Waals surface area (Å²) in [6.45, 7) is 0.844. The minimum absolute atomic E-state index is 0.0254. The SMILES string of the molecule is OCc1c[nH]c(=S)n1CCc1cccs1. The first kappa shape index (κ1) is 10.6. The van der Waals surface area contributed by atoms with E-state index in [4.69, 9.17) is 17.3 Å². The van der Waals surface area contributed by atoms with Crippen LogP contribution in [0.4, 0.5) is 0 Å².